The van der Waals surface area contributed by atoms with E-state index in [-0.39, 0.29) is 0 Å². The van der Waals surface area contributed by atoms with Gasteiger partial charge < -0.3 is 5.43 Å². The van der Waals surface area contributed by atoms with E-state index >= 15 is 0 Å². The maximum atomic E-state index is 4.26. The first kappa shape index (κ1) is 8.09. The Balaban J connectivity index is 1.85. The maximum Gasteiger partial charge on any atom is 0.0520 e. The molecule has 0 aromatic rings. The number of nitrogens with one attached hydrogen (secondary N) is 1. The van der Waals surface area contributed by atoms with Gasteiger partial charge in [-0.3, -0.25) is 0 Å². The molecule has 68 valence electrons. The van der Waals surface area contributed by atoms with Crippen LogP contribution < -0.4 is 5.43 Å². The molecule has 12 heavy (non-hydrogen) atoms. The Morgan fingerprint density at radius 3 is 2.58 bits per heavy atom. The zero-order valence-electron chi connectivity index (χ0n) is 7.84. The monoisotopic (exact) mass is 166 g/mol. The number of nitrogens with zero attached hydrogens (tertiary/aromatic N) is 1. The van der Waals surface area contributed by atoms with E-state index in [0.717, 1.165) is 5.92 Å². The van der Waals surface area contributed by atoms with Gasteiger partial charge in [-0.25, -0.2) is 0 Å². The molecule has 1 aliphatic heterocycles. The van der Waals surface area contributed by atoms with Crippen LogP contribution in [0.2, 0.25) is 0 Å². The number of hydrogen-bond donors (Lipinski definition) is 1. The average molecular weight is 166 g/mol. The van der Waals surface area contributed by atoms with Crippen LogP contribution in [0.1, 0.15) is 45.4 Å². The van der Waals surface area contributed by atoms with Crippen molar-refractivity contribution in [3.8, 4) is 0 Å². The van der Waals surface area contributed by atoms with E-state index in [1.165, 1.54) is 44.2 Å². The van der Waals surface area contributed by atoms with E-state index in [1.807, 2.05) is 0 Å². The van der Waals surface area contributed by atoms with Crippen LogP contribution >= 0.6 is 0 Å². The summed E-state index contributed by atoms with van der Waals surface area (Å²) < 4.78 is 0. The van der Waals surface area contributed by atoms with Crippen molar-refractivity contribution in [2.24, 2.45) is 11.0 Å². The largest absolute Gasteiger partial charge is 0.306 e. The summed E-state index contributed by atoms with van der Waals surface area (Å²) in [6, 6.07) is 0.672. The molecule has 1 N–H and O–H groups in total. The molecular weight excluding hydrogens is 148 g/mol. The molecule has 1 atom stereocenters. The number of hydrazone groups is 1. The summed E-state index contributed by atoms with van der Waals surface area (Å²) in [5, 5.41) is 4.26. The molecule has 2 rings (SSSR count). The van der Waals surface area contributed by atoms with E-state index in [9.17, 15) is 0 Å². The fourth-order valence-corrected chi connectivity index (χ4v) is 2.41. The Bertz CT molecular complexity index is 180. The first-order valence-electron chi connectivity index (χ1n) is 5.15. The summed E-state index contributed by atoms with van der Waals surface area (Å²) in [6.45, 7) is 2.12. The molecule has 1 unspecified atom stereocenters. The van der Waals surface area contributed by atoms with Gasteiger partial charge in [-0.2, -0.15) is 5.10 Å². The van der Waals surface area contributed by atoms with E-state index in [0.29, 0.717) is 6.04 Å². The van der Waals surface area contributed by atoms with Gasteiger partial charge in [-0.15, -0.1) is 0 Å². The predicted molar refractivity (Wildman–Crippen MR) is 51.2 cm³/mol. The van der Waals surface area contributed by atoms with E-state index in [4.69, 9.17) is 0 Å². The molecule has 1 heterocycles. The molecule has 0 radical (unpaired) electrons. The molecule has 0 saturated heterocycles. The Kier molecular flexibility index (Phi) is 2.33. The lowest BCUT2D eigenvalue weighted by molar-refractivity contribution is 0.285. The summed E-state index contributed by atoms with van der Waals surface area (Å²) in [4.78, 5) is 0. The van der Waals surface area contributed by atoms with Crippen molar-refractivity contribution in [3.63, 3.8) is 0 Å². The Morgan fingerprint density at radius 2 is 2.00 bits per heavy atom. The second-order valence-electron chi connectivity index (χ2n) is 4.18. The quantitative estimate of drug-likeness (QED) is 0.635. The van der Waals surface area contributed by atoms with Gasteiger partial charge in [0.05, 0.1) is 6.04 Å². The van der Waals surface area contributed by atoms with Gasteiger partial charge in [-0.1, -0.05) is 19.3 Å². The van der Waals surface area contributed by atoms with Gasteiger partial charge >= 0.3 is 0 Å². The first-order valence-corrected chi connectivity index (χ1v) is 5.15. The Morgan fingerprint density at radius 1 is 1.25 bits per heavy atom. The summed E-state index contributed by atoms with van der Waals surface area (Å²) >= 11 is 0. The number of rotatable bonds is 1. The normalized spacial score (nSPS) is 31.4. The molecule has 0 aromatic carbocycles. The maximum absolute atomic E-state index is 4.26. The summed E-state index contributed by atoms with van der Waals surface area (Å²) in [6.07, 6.45) is 8.33. The van der Waals surface area contributed by atoms with Gasteiger partial charge in [0, 0.05) is 12.1 Å². The molecule has 0 spiro atoms. The minimum Gasteiger partial charge on any atom is -0.306 e. The average Bonchev–Trinajstić information content (AvgIpc) is 2.54. The van der Waals surface area contributed by atoms with Crippen LogP contribution in [-0.4, -0.2) is 11.8 Å². The van der Waals surface area contributed by atoms with Crippen LogP contribution in [0.15, 0.2) is 5.10 Å². The van der Waals surface area contributed by atoms with Crippen molar-refractivity contribution in [2.45, 2.75) is 51.5 Å². The smallest absolute Gasteiger partial charge is 0.0520 e. The molecule has 1 fully saturated rings. The van der Waals surface area contributed by atoms with Crippen molar-refractivity contribution in [2.75, 3.05) is 0 Å². The molecule has 1 saturated carbocycles. The lowest BCUT2D eigenvalue weighted by Gasteiger charge is -2.26. The number of hydrogen-bond acceptors (Lipinski definition) is 2. The van der Waals surface area contributed by atoms with Crippen LogP contribution in [0.25, 0.3) is 0 Å². The molecule has 0 bridgehead atoms. The van der Waals surface area contributed by atoms with Crippen molar-refractivity contribution in [3.05, 3.63) is 0 Å². The first-order chi connectivity index (χ1) is 5.86. The fourth-order valence-electron chi connectivity index (χ4n) is 2.41. The molecular formula is C10H18N2. The minimum absolute atomic E-state index is 0.672. The minimum atomic E-state index is 0.672. The third kappa shape index (κ3) is 1.62. The van der Waals surface area contributed by atoms with Crippen LogP contribution in [0, 0.1) is 5.92 Å². The fraction of sp³-hybridized carbons (Fsp3) is 0.900. The highest BCUT2D eigenvalue weighted by molar-refractivity contribution is 5.83. The summed E-state index contributed by atoms with van der Waals surface area (Å²) in [5.41, 5.74) is 4.55. The van der Waals surface area contributed by atoms with Crippen LogP contribution in [0.3, 0.4) is 0 Å². The highest BCUT2D eigenvalue weighted by Gasteiger charge is 2.26. The molecule has 1 aliphatic carbocycles. The molecule has 0 amide bonds. The summed E-state index contributed by atoms with van der Waals surface area (Å²) in [5.74, 6) is 0.903. The zero-order valence-corrected chi connectivity index (χ0v) is 7.84. The standard InChI is InChI=1S/C10H18N2/c1-8-7-10(12-11-8)9-5-3-2-4-6-9/h9-10,12H,2-7H2,1H3. The Labute approximate surface area is 74.4 Å². The second kappa shape index (κ2) is 3.46. The zero-order chi connectivity index (χ0) is 8.39. The van der Waals surface area contributed by atoms with Gasteiger partial charge in [0.15, 0.2) is 0 Å². The highest BCUT2D eigenvalue weighted by atomic mass is 15.3. The topological polar surface area (TPSA) is 24.4 Å². The third-order valence-corrected chi connectivity index (χ3v) is 3.16. The van der Waals surface area contributed by atoms with E-state index in [2.05, 4.69) is 17.5 Å². The van der Waals surface area contributed by atoms with Gasteiger partial charge in [0.2, 0.25) is 0 Å². The van der Waals surface area contributed by atoms with Gasteiger partial charge in [0.25, 0.3) is 0 Å². The lowest BCUT2D eigenvalue weighted by Crippen LogP contribution is -2.30. The Hall–Kier alpha value is -0.530. The molecule has 0 aromatic heterocycles. The van der Waals surface area contributed by atoms with E-state index in [1.54, 1.807) is 0 Å². The van der Waals surface area contributed by atoms with Gasteiger partial charge in [0.1, 0.15) is 0 Å². The molecule has 2 heteroatoms. The van der Waals surface area contributed by atoms with Crippen molar-refractivity contribution >= 4 is 5.71 Å². The van der Waals surface area contributed by atoms with Crippen LogP contribution in [-0.2, 0) is 0 Å². The predicted octanol–water partition coefficient (Wildman–Crippen LogP) is 2.30. The molecule has 2 aliphatic rings. The lowest BCUT2D eigenvalue weighted by atomic mass is 9.83. The molecule has 2 nitrogen and oxygen atoms in total. The van der Waals surface area contributed by atoms with Crippen molar-refractivity contribution in [1.29, 1.82) is 0 Å². The van der Waals surface area contributed by atoms with Gasteiger partial charge in [-0.05, 0) is 25.7 Å². The van der Waals surface area contributed by atoms with Crippen molar-refractivity contribution in [1.82, 2.24) is 5.43 Å². The van der Waals surface area contributed by atoms with Crippen molar-refractivity contribution < 1.29 is 0 Å². The highest BCUT2D eigenvalue weighted by Crippen LogP contribution is 2.29. The second-order valence-corrected chi connectivity index (χ2v) is 4.18. The van der Waals surface area contributed by atoms with Crippen LogP contribution in [0.4, 0.5) is 0 Å². The van der Waals surface area contributed by atoms with Crippen LogP contribution in [0.5, 0.6) is 0 Å². The third-order valence-electron chi connectivity index (χ3n) is 3.16. The SMILES string of the molecule is CC1=NNC(C2CCCCC2)C1. The van der Waals surface area contributed by atoms with E-state index < -0.39 is 0 Å². The summed E-state index contributed by atoms with van der Waals surface area (Å²) in [7, 11) is 0.